The molecule has 0 fully saturated rings. The molecule has 1 aromatic rings. The van der Waals surface area contributed by atoms with Crippen LogP contribution < -0.4 is 20.7 Å². The average molecular weight is 276 g/mol. The van der Waals surface area contributed by atoms with E-state index in [0.29, 0.717) is 6.07 Å². The van der Waals surface area contributed by atoms with Crippen molar-refractivity contribution in [1.82, 2.24) is 0 Å². The van der Waals surface area contributed by atoms with Crippen molar-refractivity contribution in [1.29, 1.82) is 0 Å². The molecule has 0 radical (unpaired) electrons. The number of rotatable bonds is 3. The topological polar surface area (TPSA) is 56.5 Å². The highest BCUT2D eigenvalue weighted by Gasteiger charge is 2.34. The maximum atomic E-state index is 12.0. The van der Waals surface area contributed by atoms with E-state index in [1.54, 1.807) is 0 Å². The van der Waals surface area contributed by atoms with Gasteiger partial charge in [0.05, 0.1) is 5.69 Å². The van der Waals surface area contributed by atoms with Crippen molar-refractivity contribution >= 4 is 5.69 Å². The van der Waals surface area contributed by atoms with Gasteiger partial charge in [-0.25, -0.2) is 0 Å². The number of hydrogen-bond donors (Lipinski definition) is 2. The minimum absolute atomic E-state index is 0.346. The number of halogens is 6. The van der Waals surface area contributed by atoms with Crippen molar-refractivity contribution < 1.29 is 35.8 Å². The van der Waals surface area contributed by atoms with Crippen molar-refractivity contribution in [3.05, 3.63) is 18.2 Å². The third-order valence-corrected chi connectivity index (χ3v) is 1.57. The summed E-state index contributed by atoms with van der Waals surface area (Å²) in [6, 6.07) is 2.05. The molecule has 0 aliphatic carbocycles. The van der Waals surface area contributed by atoms with Crippen LogP contribution in [-0.4, -0.2) is 12.7 Å². The van der Waals surface area contributed by atoms with Gasteiger partial charge in [0.1, 0.15) is 5.75 Å². The summed E-state index contributed by atoms with van der Waals surface area (Å²) in [4.78, 5) is 0. The van der Waals surface area contributed by atoms with Gasteiger partial charge in [-0.1, -0.05) is 0 Å². The number of anilines is 1. The highest BCUT2D eigenvalue weighted by Crippen LogP contribution is 2.34. The average Bonchev–Trinajstić information content (AvgIpc) is 2.12. The number of benzene rings is 1. The molecular weight excluding hydrogens is 270 g/mol. The summed E-state index contributed by atoms with van der Waals surface area (Å²) in [5, 5.41) is 0. The van der Waals surface area contributed by atoms with E-state index in [0.717, 1.165) is 12.1 Å². The van der Waals surface area contributed by atoms with Gasteiger partial charge in [0.25, 0.3) is 0 Å². The van der Waals surface area contributed by atoms with Crippen molar-refractivity contribution in [2.24, 2.45) is 5.84 Å². The molecule has 0 amide bonds. The van der Waals surface area contributed by atoms with E-state index >= 15 is 0 Å². The summed E-state index contributed by atoms with van der Waals surface area (Å²) in [7, 11) is 0. The summed E-state index contributed by atoms with van der Waals surface area (Å²) in [5.74, 6) is 3.09. The van der Waals surface area contributed by atoms with Crippen LogP contribution in [0.5, 0.6) is 11.5 Å². The zero-order valence-corrected chi connectivity index (χ0v) is 8.39. The van der Waals surface area contributed by atoms with Gasteiger partial charge in [0.2, 0.25) is 0 Å². The Balaban J connectivity index is 3.02. The quantitative estimate of drug-likeness (QED) is 0.506. The molecule has 0 heterocycles. The van der Waals surface area contributed by atoms with Gasteiger partial charge >= 0.3 is 12.7 Å². The van der Waals surface area contributed by atoms with E-state index in [-0.39, 0.29) is 5.69 Å². The van der Waals surface area contributed by atoms with Crippen LogP contribution in [0.3, 0.4) is 0 Å². The Morgan fingerprint density at radius 3 is 1.94 bits per heavy atom. The molecule has 0 saturated carbocycles. The Morgan fingerprint density at radius 2 is 1.50 bits per heavy atom. The predicted molar refractivity (Wildman–Crippen MR) is 47.6 cm³/mol. The third kappa shape index (κ3) is 4.57. The molecule has 0 aliphatic rings. The SMILES string of the molecule is NNc1ccc(OC(F)(F)F)cc1OC(F)(F)F. The molecule has 3 N–H and O–H groups in total. The van der Waals surface area contributed by atoms with Crippen LogP contribution >= 0.6 is 0 Å². The van der Waals surface area contributed by atoms with E-state index in [1.807, 2.05) is 5.43 Å². The number of nitrogens with two attached hydrogens (primary N) is 1. The Morgan fingerprint density at radius 1 is 0.944 bits per heavy atom. The van der Waals surface area contributed by atoms with Gasteiger partial charge in [-0.3, -0.25) is 5.84 Å². The lowest BCUT2D eigenvalue weighted by atomic mass is 10.3. The molecule has 102 valence electrons. The Hall–Kier alpha value is -1.84. The van der Waals surface area contributed by atoms with Crippen LogP contribution in [0.1, 0.15) is 0 Å². The van der Waals surface area contributed by atoms with Crippen LogP contribution in [0.2, 0.25) is 0 Å². The Bertz CT molecular complexity index is 417. The number of hydrogen-bond acceptors (Lipinski definition) is 4. The lowest BCUT2D eigenvalue weighted by Gasteiger charge is -2.15. The summed E-state index contributed by atoms with van der Waals surface area (Å²) in [6.07, 6.45) is -10.1. The summed E-state index contributed by atoms with van der Waals surface area (Å²) < 4.78 is 78.5. The molecular formula is C8H6F6N2O2. The van der Waals surface area contributed by atoms with E-state index in [9.17, 15) is 26.3 Å². The monoisotopic (exact) mass is 276 g/mol. The number of nitrogens with one attached hydrogen (secondary N) is 1. The molecule has 10 heteroatoms. The minimum Gasteiger partial charge on any atom is -0.406 e. The zero-order valence-electron chi connectivity index (χ0n) is 8.39. The standard InChI is InChI=1S/C8H6F6N2O2/c9-7(10,11)17-4-1-2-5(16-15)6(3-4)18-8(12,13)14/h1-3,16H,15H2. The fourth-order valence-corrected chi connectivity index (χ4v) is 1.03. The molecule has 0 unspecified atom stereocenters. The number of nitrogen functional groups attached to an aromatic ring is 1. The van der Waals surface area contributed by atoms with Crippen molar-refractivity contribution in [3.63, 3.8) is 0 Å². The highest BCUT2D eigenvalue weighted by molar-refractivity contribution is 5.58. The van der Waals surface area contributed by atoms with E-state index < -0.39 is 24.2 Å². The Kier molecular flexibility index (Phi) is 3.79. The maximum absolute atomic E-state index is 12.0. The van der Waals surface area contributed by atoms with Gasteiger partial charge < -0.3 is 14.9 Å². The maximum Gasteiger partial charge on any atom is 0.573 e. The second-order valence-electron chi connectivity index (χ2n) is 2.90. The number of alkyl halides is 6. The van der Waals surface area contributed by atoms with Crippen molar-refractivity contribution in [3.8, 4) is 11.5 Å². The highest BCUT2D eigenvalue weighted by atomic mass is 19.4. The molecule has 1 rings (SSSR count). The fourth-order valence-electron chi connectivity index (χ4n) is 1.03. The molecule has 0 aromatic heterocycles. The summed E-state index contributed by atoms with van der Waals surface area (Å²) >= 11 is 0. The third-order valence-electron chi connectivity index (χ3n) is 1.57. The normalized spacial score (nSPS) is 12.2. The minimum atomic E-state index is -5.07. The van der Waals surface area contributed by atoms with Gasteiger partial charge in [-0.15, -0.1) is 26.3 Å². The van der Waals surface area contributed by atoms with Crippen LogP contribution in [0.4, 0.5) is 32.0 Å². The van der Waals surface area contributed by atoms with Crippen LogP contribution in [0.25, 0.3) is 0 Å². The van der Waals surface area contributed by atoms with Crippen molar-refractivity contribution in [2.75, 3.05) is 5.43 Å². The first-order chi connectivity index (χ1) is 8.11. The van der Waals surface area contributed by atoms with Crippen molar-refractivity contribution in [2.45, 2.75) is 12.7 Å². The smallest absolute Gasteiger partial charge is 0.406 e. The largest absolute Gasteiger partial charge is 0.573 e. The molecule has 0 saturated heterocycles. The molecule has 18 heavy (non-hydrogen) atoms. The van der Waals surface area contributed by atoms with E-state index in [2.05, 4.69) is 9.47 Å². The first-order valence-corrected chi connectivity index (χ1v) is 4.23. The Labute approximate surface area is 96.2 Å². The lowest BCUT2D eigenvalue weighted by Crippen LogP contribution is -2.20. The fraction of sp³-hybridized carbons (Fsp3) is 0.250. The molecule has 0 aliphatic heterocycles. The molecule has 4 nitrogen and oxygen atoms in total. The molecule has 0 atom stereocenters. The predicted octanol–water partition coefficient (Wildman–Crippen LogP) is 2.77. The zero-order chi connectivity index (χ0) is 14.0. The van der Waals surface area contributed by atoms with E-state index in [4.69, 9.17) is 5.84 Å². The second kappa shape index (κ2) is 4.80. The first kappa shape index (κ1) is 14.2. The van der Waals surface area contributed by atoms with Gasteiger partial charge in [0, 0.05) is 6.07 Å². The summed E-state index contributed by atoms with van der Waals surface area (Å²) in [5.41, 5.74) is 1.50. The van der Waals surface area contributed by atoms with E-state index in [1.165, 1.54) is 0 Å². The molecule has 0 bridgehead atoms. The van der Waals surface area contributed by atoms with Gasteiger partial charge in [0.15, 0.2) is 5.75 Å². The molecule has 0 spiro atoms. The summed E-state index contributed by atoms with van der Waals surface area (Å²) in [6.45, 7) is 0. The van der Waals surface area contributed by atoms with Crippen LogP contribution in [-0.2, 0) is 0 Å². The van der Waals surface area contributed by atoms with Gasteiger partial charge in [-0.05, 0) is 12.1 Å². The second-order valence-corrected chi connectivity index (χ2v) is 2.90. The lowest BCUT2D eigenvalue weighted by molar-refractivity contribution is -0.276. The van der Waals surface area contributed by atoms with Crippen LogP contribution in [0.15, 0.2) is 18.2 Å². The van der Waals surface area contributed by atoms with Gasteiger partial charge in [-0.2, -0.15) is 0 Å². The first-order valence-electron chi connectivity index (χ1n) is 4.23. The number of hydrazine groups is 1. The number of ether oxygens (including phenoxy) is 2. The molecule has 1 aromatic carbocycles. The van der Waals surface area contributed by atoms with Crippen LogP contribution in [0, 0.1) is 0 Å².